The number of aryl methyl sites for hydroxylation is 1. The average Bonchev–Trinajstić information content (AvgIpc) is 2.27. The maximum Gasteiger partial charge on any atom is 0.227 e. The fraction of sp³-hybridized carbons (Fsp3) is 0.583. The molecule has 1 heterocycles. The van der Waals surface area contributed by atoms with Crippen molar-refractivity contribution in [1.82, 2.24) is 9.88 Å². The molecular weight excluding hydrogens is 268 g/mol. The largest absolute Gasteiger partial charge is 0.476 e. The molecule has 0 bridgehead atoms. The van der Waals surface area contributed by atoms with Crippen molar-refractivity contribution in [2.24, 2.45) is 0 Å². The summed E-state index contributed by atoms with van der Waals surface area (Å²) in [5.41, 5.74) is 1.13. The molecule has 3 nitrogen and oxygen atoms in total. The van der Waals surface area contributed by atoms with E-state index in [1.54, 1.807) is 0 Å². The van der Waals surface area contributed by atoms with Crippen LogP contribution in [0.4, 0.5) is 0 Å². The third-order valence-corrected chi connectivity index (χ3v) is 3.05. The van der Waals surface area contributed by atoms with E-state index >= 15 is 0 Å². The van der Waals surface area contributed by atoms with Gasteiger partial charge in [0.05, 0.1) is 4.47 Å². The van der Waals surface area contributed by atoms with E-state index < -0.39 is 0 Å². The molecule has 0 saturated heterocycles. The van der Waals surface area contributed by atoms with Gasteiger partial charge in [-0.3, -0.25) is 0 Å². The Labute approximate surface area is 106 Å². The lowest BCUT2D eigenvalue weighted by molar-refractivity contribution is 0.217. The summed E-state index contributed by atoms with van der Waals surface area (Å²) in [6.45, 7) is 10.1. The number of likely N-dealkylation sites (N-methyl/N-ethyl adjacent to an activating group) is 1. The van der Waals surface area contributed by atoms with E-state index in [2.05, 4.69) is 39.7 Å². The quantitative estimate of drug-likeness (QED) is 0.804. The molecule has 0 atom stereocenters. The predicted molar refractivity (Wildman–Crippen MR) is 70.0 cm³/mol. The third kappa shape index (κ3) is 4.10. The summed E-state index contributed by atoms with van der Waals surface area (Å²) in [6, 6.07) is 2.01. The number of hydrogen-bond donors (Lipinski definition) is 0. The van der Waals surface area contributed by atoms with Gasteiger partial charge in [0.1, 0.15) is 6.61 Å². The molecule has 0 saturated carbocycles. The van der Waals surface area contributed by atoms with Crippen LogP contribution < -0.4 is 4.74 Å². The zero-order chi connectivity index (χ0) is 12.0. The summed E-state index contributed by atoms with van der Waals surface area (Å²) in [5, 5.41) is 0. The highest BCUT2D eigenvalue weighted by molar-refractivity contribution is 9.10. The first kappa shape index (κ1) is 13.5. The first-order chi connectivity index (χ1) is 7.67. The van der Waals surface area contributed by atoms with Crippen LogP contribution in [-0.2, 0) is 0 Å². The minimum absolute atomic E-state index is 0.677. The van der Waals surface area contributed by atoms with Crippen LogP contribution in [0.5, 0.6) is 5.88 Å². The third-order valence-electron chi connectivity index (χ3n) is 2.48. The molecular formula is C12H19BrN2O. The molecule has 0 unspecified atom stereocenters. The number of hydrogen-bond acceptors (Lipinski definition) is 3. The zero-order valence-electron chi connectivity index (χ0n) is 10.2. The van der Waals surface area contributed by atoms with E-state index in [1.807, 2.05) is 19.2 Å². The molecule has 0 spiro atoms. The summed E-state index contributed by atoms with van der Waals surface area (Å²) >= 11 is 3.45. The molecule has 0 aliphatic carbocycles. The fourth-order valence-electron chi connectivity index (χ4n) is 1.44. The fourth-order valence-corrected chi connectivity index (χ4v) is 2.02. The maximum atomic E-state index is 5.63. The second kappa shape index (κ2) is 6.86. The van der Waals surface area contributed by atoms with E-state index in [4.69, 9.17) is 4.74 Å². The van der Waals surface area contributed by atoms with E-state index in [9.17, 15) is 0 Å². The Balaban J connectivity index is 2.42. The minimum Gasteiger partial charge on any atom is -0.476 e. The Morgan fingerprint density at radius 1 is 1.38 bits per heavy atom. The van der Waals surface area contributed by atoms with Crippen molar-refractivity contribution in [3.05, 3.63) is 22.3 Å². The van der Waals surface area contributed by atoms with Crippen molar-refractivity contribution in [3.63, 3.8) is 0 Å². The number of pyridine rings is 1. The topological polar surface area (TPSA) is 25.4 Å². The molecule has 1 rings (SSSR count). The van der Waals surface area contributed by atoms with E-state index in [0.717, 1.165) is 29.7 Å². The van der Waals surface area contributed by atoms with Gasteiger partial charge < -0.3 is 9.64 Å². The van der Waals surface area contributed by atoms with Gasteiger partial charge in [-0.25, -0.2) is 4.98 Å². The molecule has 0 fully saturated rings. The SMILES string of the molecule is CCN(CC)CCOc1ncc(C)cc1Br. The van der Waals surface area contributed by atoms with Crippen LogP contribution in [0.15, 0.2) is 16.7 Å². The second-order valence-electron chi connectivity index (χ2n) is 3.67. The summed E-state index contributed by atoms with van der Waals surface area (Å²) in [6.07, 6.45) is 1.82. The van der Waals surface area contributed by atoms with Gasteiger partial charge in [-0.2, -0.15) is 0 Å². The number of aromatic nitrogens is 1. The van der Waals surface area contributed by atoms with Gasteiger partial charge in [0, 0.05) is 12.7 Å². The van der Waals surface area contributed by atoms with Crippen molar-refractivity contribution >= 4 is 15.9 Å². The Hall–Kier alpha value is -0.610. The lowest BCUT2D eigenvalue weighted by Crippen LogP contribution is -2.28. The lowest BCUT2D eigenvalue weighted by Gasteiger charge is -2.17. The van der Waals surface area contributed by atoms with Gasteiger partial charge in [-0.1, -0.05) is 13.8 Å². The molecule has 0 aromatic carbocycles. The molecule has 0 N–H and O–H groups in total. The molecule has 0 amide bonds. The standard InChI is InChI=1S/C12H19BrN2O/c1-4-15(5-2)6-7-16-12-11(13)8-10(3)9-14-12/h8-9H,4-7H2,1-3H3. The monoisotopic (exact) mass is 286 g/mol. The molecule has 1 aromatic heterocycles. The van der Waals surface area contributed by atoms with Crippen LogP contribution in [0.25, 0.3) is 0 Å². The van der Waals surface area contributed by atoms with Gasteiger partial charge >= 0.3 is 0 Å². The zero-order valence-corrected chi connectivity index (χ0v) is 11.7. The van der Waals surface area contributed by atoms with Crippen LogP contribution in [-0.4, -0.2) is 36.1 Å². The molecule has 0 aliphatic rings. The van der Waals surface area contributed by atoms with Crippen molar-refractivity contribution in [2.45, 2.75) is 20.8 Å². The number of ether oxygens (including phenoxy) is 1. The first-order valence-corrected chi connectivity index (χ1v) is 6.44. The lowest BCUT2D eigenvalue weighted by atomic mass is 10.3. The highest BCUT2D eigenvalue weighted by atomic mass is 79.9. The van der Waals surface area contributed by atoms with Gasteiger partial charge in [0.2, 0.25) is 5.88 Å². The normalized spacial score (nSPS) is 10.8. The Bertz CT molecular complexity index is 327. The van der Waals surface area contributed by atoms with Crippen molar-refractivity contribution in [3.8, 4) is 5.88 Å². The Morgan fingerprint density at radius 3 is 2.62 bits per heavy atom. The molecule has 16 heavy (non-hydrogen) atoms. The average molecular weight is 287 g/mol. The molecule has 4 heteroatoms. The summed E-state index contributed by atoms with van der Waals surface area (Å²) < 4.78 is 6.55. The van der Waals surface area contributed by atoms with Crippen molar-refractivity contribution in [1.29, 1.82) is 0 Å². The Morgan fingerprint density at radius 2 is 2.06 bits per heavy atom. The van der Waals surface area contributed by atoms with Crippen LogP contribution >= 0.6 is 15.9 Å². The second-order valence-corrected chi connectivity index (χ2v) is 4.53. The Kier molecular flexibility index (Phi) is 5.77. The van der Waals surface area contributed by atoms with Crippen LogP contribution in [0, 0.1) is 6.92 Å². The van der Waals surface area contributed by atoms with Crippen LogP contribution in [0.2, 0.25) is 0 Å². The highest BCUT2D eigenvalue weighted by Crippen LogP contribution is 2.22. The summed E-state index contributed by atoms with van der Waals surface area (Å²) in [7, 11) is 0. The molecule has 0 aliphatic heterocycles. The molecule has 90 valence electrons. The summed E-state index contributed by atoms with van der Waals surface area (Å²) in [4.78, 5) is 6.56. The highest BCUT2D eigenvalue weighted by Gasteiger charge is 2.04. The van der Waals surface area contributed by atoms with Crippen molar-refractivity contribution in [2.75, 3.05) is 26.2 Å². The first-order valence-electron chi connectivity index (χ1n) is 5.64. The number of rotatable bonds is 6. The van der Waals surface area contributed by atoms with E-state index in [0.29, 0.717) is 12.5 Å². The van der Waals surface area contributed by atoms with Gasteiger partial charge in [-0.05, 0) is 47.6 Å². The predicted octanol–water partition coefficient (Wildman–Crippen LogP) is 2.87. The van der Waals surface area contributed by atoms with E-state index in [1.165, 1.54) is 0 Å². The van der Waals surface area contributed by atoms with Gasteiger partial charge in [-0.15, -0.1) is 0 Å². The van der Waals surface area contributed by atoms with Crippen LogP contribution in [0.3, 0.4) is 0 Å². The minimum atomic E-state index is 0.677. The maximum absolute atomic E-state index is 5.63. The smallest absolute Gasteiger partial charge is 0.227 e. The van der Waals surface area contributed by atoms with Gasteiger partial charge in [0.15, 0.2) is 0 Å². The van der Waals surface area contributed by atoms with Crippen molar-refractivity contribution < 1.29 is 4.74 Å². The molecule has 0 radical (unpaired) electrons. The number of halogens is 1. The molecule has 1 aromatic rings. The number of nitrogens with zero attached hydrogens (tertiary/aromatic N) is 2. The van der Waals surface area contributed by atoms with Gasteiger partial charge in [0.25, 0.3) is 0 Å². The van der Waals surface area contributed by atoms with Crippen LogP contribution in [0.1, 0.15) is 19.4 Å². The summed E-state index contributed by atoms with van der Waals surface area (Å²) in [5.74, 6) is 0.678. The van der Waals surface area contributed by atoms with E-state index in [-0.39, 0.29) is 0 Å².